The quantitative estimate of drug-likeness (QED) is 0.857. The minimum atomic E-state index is -0.412. The molecule has 0 fully saturated rings. The first-order valence-corrected chi connectivity index (χ1v) is 6.63. The Bertz CT molecular complexity index is 852. The summed E-state index contributed by atoms with van der Waals surface area (Å²) in [5, 5.41) is 11.9. The first kappa shape index (κ1) is 13.8. The van der Waals surface area contributed by atoms with Gasteiger partial charge in [-0.2, -0.15) is 5.26 Å². The summed E-state index contributed by atoms with van der Waals surface area (Å²) in [6.07, 6.45) is 2.78. The molecule has 0 saturated carbocycles. The second-order valence-electron chi connectivity index (χ2n) is 4.92. The molecular formula is C16H12N4O2. The normalized spacial score (nSPS) is 13.0. The van der Waals surface area contributed by atoms with Crippen LogP contribution >= 0.6 is 0 Å². The van der Waals surface area contributed by atoms with Crippen molar-refractivity contribution >= 4 is 23.2 Å². The van der Waals surface area contributed by atoms with E-state index in [-0.39, 0.29) is 0 Å². The minimum absolute atomic E-state index is 0.291. The number of fused-ring (bicyclic) bond motifs is 1. The number of rotatable bonds is 2. The summed E-state index contributed by atoms with van der Waals surface area (Å²) >= 11 is 0. The molecule has 1 aliphatic rings. The topological polar surface area (TPSA) is 86.1 Å². The number of nitriles is 1. The van der Waals surface area contributed by atoms with E-state index in [1.165, 1.54) is 18.5 Å². The van der Waals surface area contributed by atoms with Gasteiger partial charge in [0.2, 0.25) is 0 Å². The Morgan fingerprint density at radius 3 is 2.59 bits per heavy atom. The largest absolute Gasteiger partial charge is 0.387 e. The van der Waals surface area contributed by atoms with Crippen LogP contribution in [0.4, 0.5) is 11.4 Å². The van der Waals surface area contributed by atoms with Crippen molar-refractivity contribution in [3.63, 3.8) is 0 Å². The van der Waals surface area contributed by atoms with Crippen LogP contribution in [0.25, 0.3) is 0 Å². The number of benzene rings is 1. The SMILES string of the molecule is CNc1ccc(C)c2c1C(=O)N(c1cncc(C#N)c1)C2=O. The van der Waals surface area contributed by atoms with E-state index in [9.17, 15) is 9.59 Å². The van der Waals surface area contributed by atoms with Crippen molar-refractivity contribution in [3.05, 3.63) is 52.8 Å². The molecule has 0 spiro atoms. The highest BCUT2D eigenvalue weighted by molar-refractivity contribution is 6.36. The van der Waals surface area contributed by atoms with E-state index in [1.807, 2.05) is 6.07 Å². The van der Waals surface area contributed by atoms with Crippen molar-refractivity contribution in [3.8, 4) is 6.07 Å². The average Bonchev–Trinajstić information content (AvgIpc) is 2.80. The van der Waals surface area contributed by atoms with Gasteiger partial charge in [0.05, 0.1) is 28.6 Å². The summed E-state index contributed by atoms with van der Waals surface area (Å²) in [6, 6.07) is 6.99. The third kappa shape index (κ3) is 1.84. The maximum absolute atomic E-state index is 12.7. The summed E-state index contributed by atoms with van der Waals surface area (Å²) in [6.45, 7) is 1.79. The Morgan fingerprint density at radius 1 is 1.18 bits per heavy atom. The van der Waals surface area contributed by atoms with Gasteiger partial charge in [-0.05, 0) is 24.6 Å². The predicted molar refractivity (Wildman–Crippen MR) is 80.8 cm³/mol. The van der Waals surface area contributed by atoms with Crippen molar-refractivity contribution in [1.82, 2.24) is 4.98 Å². The molecule has 0 saturated heterocycles. The first-order valence-electron chi connectivity index (χ1n) is 6.63. The van der Waals surface area contributed by atoms with E-state index < -0.39 is 11.8 Å². The van der Waals surface area contributed by atoms with Crippen LogP contribution in [0, 0.1) is 18.3 Å². The number of anilines is 2. The number of hydrogen-bond acceptors (Lipinski definition) is 5. The van der Waals surface area contributed by atoms with Gasteiger partial charge in [-0.25, -0.2) is 4.90 Å². The summed E-state index contributed by atoms with van der Waals surface area (Å²) in [7, 11) is 1.70. The smallest absolute Gasteiger partial charge is 0.268 e. The monoisotopic (exact) mass is 292 g/mol. The standard InChI is InChI=1S/C16H12N4O2/c1-9-3-4-12(18-2)14-13(9)15(21)20(16(14)22)11-5-10(6-17)7-19-8-11/h3-5,7-8,18H,1-2H3. The Morgan fingerprint density at radius 2 is 1.91 bits per heavy atom. The zero-order chi connectivity index (χ0) is 15.9. The van der Waals surface area contributed by atoms with Crippen molar-refractivity contribution in [2.75, 3.05) is 17.3 Å². The van der Waals surface area contributed by atoms with Crippen molar-refractivity contribution in [2.24, 2.45) is 0 Å². The van der Waals surface area contributed by atoms with E-state index >= 15 is 0 Å². The van der Waals surface area contributed by atoms with Gasteiger partial charge in [0.15, 0.2) is 0 Å². The lowest BCUT2D eigenvalue weighted by Gasteiger charge is -2.13. The summed E-state index contributed by atoms with van der Waals surface area (Å²) in [5.41, 5.74) is 2.67. The van der Waals surface area contributed by atoms with Crippen LogP contribution in [0.3, 0.4) is 0 Å². The third-order valence-corrected chi connectivity index (χ3v) is 3.63. The number of pyridine rings is 1. The van der Waals surface area contributed by atoms with Gasteiger partial charge in [-0.1, -0.05) is 6.07 Å². The summed E-state index contributed by atoms with van der Waals surface area (Å²) < 4.78 is 0. The lowest BCUT2D eigenvalue weighted by molar-refractivity contribution is 0.0926. The maximum atomic E-state index is 12.7. The number of nitrogens with one attached hydrogen (secondary N) is 1. The van der Waals surface area contributed by atoms with Gasteiger partial charge in [0.25, 0.3) is 11.8 Å². The number of imide groups is 1. The van der Waals surface area contributed by atoms with Crippen molar-refractivity contribution in [1.29, 1.82) is 5.26 Å². The molecule has 2 heterocycles. The van der Waals surface area contributed by atoms with E-state index in [4.69, 9.17) is 5.26 Å². The molecule has 1 aromatic carbocycles. The molecular weight excluding hydrogens is 280 g/mol. The second kappa shape index (κ2) is 4.97. The van der Waals surface area contributed by atoms with Gasteiger partial charge in [0, 0.05) is 18.9 Å². The third-order valence-electron chi connectivity index (χ3n) is 3.63. The summed E-state index contributed by atoms with van der Waals surface area (Å²) in [5.74, 6) is -0.809. The molecule has 6 nitrogen and oxygen atoms in total. The van der Waals surface area contributed by atoms with E-state index in [0.29, 0.717) is 28.1 Å². The van der Waals surface area contributed by atoms with Crippen LogP contribution < -0.4 is 10.2 Å². The Kier molecular flexibility index (Phi) is 3.11. The number of amides is 2. The maximum Gasteiger partial charge on any atom is 0.268 e. The zero-order valence-electron chi connectivity index (χ0n) is 12.0. The molecule has 6 heteroatoms. The van der Waals surface area contributed by atoms with Crippen molar-refractivity contribution < 1.29 is 9.59 Å². The molecule has 3 rings (SSSR count). The second-order valence-corrected chi connectivity index (χ2v) is 4.92. The van der Waals surface area contributed by atoms with Crippen molar-refractivity contribution in [2.45, 2.75) is 6.92 Å². The number of nitrogens with zero attached hydrogens (tertiary/aromatic N) is 3. The molecule has 0 atom stereocenters. The van der Waals surface area contributed by atoms with E-state index in [2.05, 4.69) is 10.3 Å². The molecule has 1 aromatic heterocycles. The number of aryl methyl sites for hydroxylation is 1. The number of aromatic nitrogens is 1. The van der Waals surface area contributed by atoms with Crippen LogP contribution in [0.2, 0.25) is 0 Å². The fraction of sp³-hybridized carbons (Fsp3) is 0.125. The van der Waals surface area contributed by atoms with Gasteiger partial charge in [-0.15, -0.1) is 0 Å². The fourth-order valence-electron chi connectivity index (χ4n) is 2.57. The van der Waals surface area contributed by atoms with Crippen LogP contribution in [0.5, 0.6) is 0 Å². The molecule has 2 amide bonds. The first-order chi connectivity index (χ1) is 10.6. The van der Waals surface area contributed by atoms with Gasteiger partial charge >= 0.3 is 0 Å². The Balaban J connectivity index is 2.18. The number of carbonyl (C=O) groups is 2. The predicted octanol–water partition coefficient (Wildman–Crippen LogP) is 2.10. The van der Waals surface area contributed by atoms with Crippen LogP contribution in [0.1, 0.15) is 31.8 Å². The molecule has 0 unspecified atom stereocenters. The minimum Gasteiger partial charge on any atom is -0.387 e. The van der Waals surface area contributed by atoms with Gasteiger partial charge in [0.1, 0.15) is 6.07 Å². The zero-order valence-corrected chi connectivity index (χ0v) is 12.0. The molecule has 1 N–H and O–H groups in total. The van der Waals surface area contributed by atoms with Crippen LogP contribution in [-0.2, 0) is 0 Å². The highest BCUT2D eigenvalue weighted by Gasteiger charge is 2.39. The number of hydrogen-bond donors (Lipinski definition) is 1. The summed E-state index contributed by atoms with van der Waals surface area (Å²) in [4.78, 5) is 30.3. The molecule has 1 aliphatic heterocycles. The number of carbonyl (C=O) groups excluding carboxylic acids is 2. The Hall–Kier alpha value is -3.20. The highest BCUT2D eigenvalue weighted by Crippen LogP contribution is 2.34. The van der Waals surface area contributed by atoms with Crippen LogP contribution in [0.15, 0.2) is 30.6 Å². The van der Waals surface area contributed by atoms with Gasteiger partial charge in [-0.3, -0.25) is 14.6 Å². The molecule has 0 radical (unpaired) electrons. The molecule has 0 bridgehead atoms. The van der Waals surface area contributed by atoms with Gasteiger partial charge < -0.3 is 5.32 Å². The Labute approximate surface area is 127 Å². The van der Waals surface area contributed by atoms with E-state index in [1.54, 1.807) is 26.1 Å². The average molecular weight is 292 g/mol. The fourth-order valence-corrected chi connectivity index (χ4v) is 2.57. The molecule has 2 aromatic rings. The van der Waals surface area contributed by atoms with Crippen LogP contribution in [-0.4, -0.2) is 23.8 Å². The molecule has 0 aliphatic carbocycles. The lowest BCUT2D eigenvalue weighted by Crippen LogP contribution is -2.29. The molecule has 22 heavy (non-hydrogen) atoms. The van der Waals surface area contributed by atoms with E-state index in [0.717, 1.165) is 10.5 Å². The highest BCUT2D eigenvalue weighted by atomic mass is 16.2. The lowest BCUT2D eigenvalue weighted by atomic mass is 10.0. The molecule has 108 valence electrons.